The van der Waals surface area contributed by atoms with Crippen molar-refractivity contribution in [2.24, 2.45) is 5.73 Å². The molecule has 6 heteroatoms. The van der Waals surface area contributed by atoms with E-state index in [2.05, 4.69) is 5.32 Å². The summed E-state index contributed by atoms with van der Waals surface area (Å²) >= 11 is 0. The number of likely N-dealkylation sites (tertiary alicyclic amines) is 1. The van der Waals surface area contributed by atoms with Crippen LogP contribution < -0.4 is 11.1 Å². The topological polar surface area (TPSA) is 75.4 Å². The van der Waals surface area contributed by atoms with Gasteiger partial charge in [0.15, 0.2) is 0 Å². The van der Waals surface area contributed by atoms with E-state index in [-0.39, 0.29) is 24.7 Å². The van der Waals surface area contributed by atoms with Crippen LogP contribution in [0.4, 0.5) is 0 Å². The number of carbonyl (C=O) groups is 2. The van der Waals surface area contributed by atoms with E-state index in [0.29, 0.717) is 12.1 Å². The third-order valence-corrected chi connectivity index (χ3v) is 3.14. The van der Waals surface area contributed by atoms with Gasteiger partial charge in [-0.05, 0) is 12.8 Å². The molecule has 16 heavy (non-hydrogen) atoms. The number of amides is 2. The van der Waals surface area contributed by atoms with Gasteiger partial charge in [0.1, 0.15) is 6.42 Å². The van der Waals surface area contributed by atoms with Gasteiger partial charge in [0.25, 0.3) is 0 Å². The Labute approximate surface area is 101 Å². The molecule has 2 fully saturated rings. The summed E-state index contributed by atoms with van der Waals surface area (Å²) in [5.41, 5.74) is 5.01. The first-order valence-corrected chi connectivity index (χ1v) is 5.47. The normalized spacial score (nSPS) is 28.1. The molecule has 2 unspecified atom stereocenters. The molecule has 2 heterocycles. The van der Waals surface area contributed by atoms with Crippen LogP contribution in [-0.2, 0) is 9.59 Å². The third kappa shape index (κ3) is 3.09. The maximum absolute atomic E-state index is 11.6. The number of piperazine rings is 1. The lowest BCUT2D eigenvalue weighted by Gasteiger charge is -2.42. The number of primary amides is 1. The molecule has 0 aliphatic carbocycles. The van der Waals surface area contributed by atoms with Gasteiger partial charge < -0.3 is 16.0 Å². The maximum atomic E-state index is 11.6. The molecular weight excluding hydrogens is 230 g/mol. The average Bonchev–Trinajstić information content (AvgIpc) is 2.16. The van der Waals surface area contributed by atoms with E-state index in [1.165, 1.54) is 6.42 Å². The van der Waals surface area contributed by atoms with Crippen molar-refractivity contribution in [3.63, 3.8) is 0 Å². The van der Waals surface area contributed by atoms with E-state index in [1.807, 2.05) is 0 Å². The zero-order chi connectivity index (χ0) is 10.8. The number of halogens is 1. The van der Waals surface area contributed by atoms with Gasteiger partial charge in [-0.3, -0.25) is 9.59 Å². The number of rotatable bonds is 2. The van der Waals surface area contributed by atoms with Crippen LogP contribution in [0, 0.1) is 0 Å². The third-order valence-electron chi connectivity index (χ3n) is 3.14. The molecule has 92 valence electrons. The number of hydrogen-bond donors (Lipinski definition) is 2. The summed E-state index contributed by atoms with van der Waals surface area (Å²) in [5, 5.41) is 3.48. The molecule has 2 aliphatic heterocycles. The molecule has 2 rings (SSSR count). The zero-order valence-corrected chi connectivity index (χ0v) is 9.96. The lowest BCUT2D eigenvalue weighted by atomic mass is 9.94. The van der Waals surface area contributed by atoms with Crippen molar-refractivity contribution >= 4 is 24.2 Å². The highest BCUT2D eigenvalue weighted by atomic mass is 35.5. The number of hydrogen-bond acceptors (Lipinski definition) is 3. The van der Waals surface area contributed by atoms with Crippen LogP contribution in [0.5, 0.6) is 0 Å². The lowest BCUT2D eigenvalue weighted by molar-refractivity contribution is -0.137. The summed E-state index contributed by atoms with van der Waals surface area (Å²) in [5.74, 6) is -0.662. The number of carbonyl (C=O) groups excluding carboxylic acids is 2. The Kier molecular flexibility index (Phi) is 4.56. The van der Waals surface area contributed by atoms with Crippen LogP contribution in [0.2, 0.25) is 0 Å². The van der Waals surface area contributed by atoms with E-state index >= 15 is 0 Å². The Bertz CT molecular complexity index is 273. The van der Waals surface area contributed by atoms with Crippen molar-refractivity contribution in [2.75, 3.05) is 13.1 Å². The Morgan fingerprint density at radius 3 is 2.31 bits per heavy atom. The summed E-state index contributed by atoms with van der Waals surface area (Å²) < 4.78 is 0. The molecule has 0 aromatic carbocycles. The van der Waals surface area contributed by atoms with E-state index in [9.17, 15) is 9.59 Å². The predicted octanol–water partition coefficient (Wildman–Crippen LogP) is -0.364. The molecule has 2 atom stereocenters. The van der Waals surface area contributed by atoms with Gasteiger partial charge >= 0.3 is 0 Å². The Morgan fingerprint density at radius 2 is 1.81 bits per heavy atom. The second kappa shape index (κ2) is 5.50. The van der Waals surface area contributed by atoms with E-state index in [1.54, 1.807) is 4.90 Å². The molecule has 3 N–H and O–H groups in total. The largest absolute Gasteiger partial charge is 0.369 e. The van der Waals surface area contributed by atoms with E-state index in [4.69, 9.17) is 5.73 Å². The number of nitrogens with one attached hydrogen (secondary N) is 1. The Balaban J connectivity index is 0.00000128. The summed E-state index contributed by atoms with van der Waals surface area (Å²) in [6, 6.07) is 0.823. The van der Waals surface area contributed by atoms with Gasteiger partial charge in [-0.15, -0.1) is 12.4 Å². The van der Waals surface area contributed by atoms with Crippen LogP contribution >= 0.6 is 12.4 Å². The standard InChI is InChI=1S/C10H17N3O2.ClH/c11-9(14)4-10(15)13-5-7-2-1-3-8(6-13)12-7;/h7-8,12H,1-6H2,(H2,11,14);1H. The van der Waals surface area contributed by atoms with Crippen LogP contribution in [0.15, 0.2) is 0 Å². The first-order valence-electron chi connectivity index (χ1n) is 5.47. The van der Waals surface area contributed by atoms with Crippen LogP contribution in [0.25, 0.3) is 0 Å². The summed E-state index contributed by atoms with van der Waals surface area (Å²) in [7, 11) is 0. The number of piperidine rings is 1. The highest BCUT2D eigenvalue weighted by Gasteiger charge is 2.32. The minimum atomic E-state index is -0.538. The molecule has 2 saturated heterocycles. The van der Waals surface area contributed by atoms with E-state index in [0.717, 1.165) is 25.9 Å². The fourth-order valence-electron chi connectivity index (χ4n) is 2.47. The van der Waals surface area contributed by atoms with E-state index < -0.39 is 5.91 Å². The minimum Gasteiger partial charge on any atom is -0.369 e. The first kappa shape index (κ1) is 13.3. The average molecular weight is 248 g/mol. The molecular formula is C10H18ClN3O2. The fourth-order valence-corrected chi connectivity index (χ4v) is 2.47. The quantitative estimate of drug-likeness (QED) is 0.655. The maximum Gasteiger partial charge on any atom is 0.232 e. The summed E-state index contributed by atoms with van der Waals surface area (Å²) in [6.07, 6.45) is 3.33. The molecule has 2 amide bonds. The first-order chi connectivity index (χ1) is 7.15. The molecule has 0 spiro atoms. The smallest absolute Gasteiger partial charge is 0.232 e. The fraction of sp³-hybridized carbons (Fsp3) is 0.800. The van der Waals surface area contributed by atoms with Gasteiger partial charge in [-0.2, -0.15) is 0 Å². The molecule has 2 bridgehead atoms. The number of fused-ring (bicyclic) bond motifs is 2. The molecule has 2 aliphatic rings. The molecule has 5 nitrogen and oxygen atoms in total. The Hall–Kier alpha value is -0.810. The molecule has 0 saturated carbocycles. The summed E-state index contributed by atoms with van der Waals surface area (Å²) in [6.45, 7) is 1.45. The number of nitrogens with zero attached hydrogens (tertiary/aromatic N) is 1. The van der Waals surface area contributed by atoms with Crippen molar-refractivity contribution in [3.8, 4) is 0 Å². The van der Waals surface area contributed by atoms with Gasteiger partial charge in [-0.1, -0.05) is 6.42 Å². The van der Waals surface area contributed by atoms with Crippen molar-refractivity contribution in [1.82, 2.24) is 10.2 Å². The van der Waals surface area contributed by atoms with Crippen molar-refractivity contribution < 1.29 is 9.59 Å². The SMILES string of the molecule is Cl.NC(=O)CC(=O)N1CC2CCCC(C1)N2. The van der Waals surface area contributed by atoms with Crippen molar-refractivity contribution in [1.29, 1.82) is 0 Å². The van der Waals surface area contributed by atoms with Gasteiger partial charge in [0.2, 0.25) is 11.8 Å². The molecule has 0 aromatic heterocycles. The highest BCUT2D eigenvalue weighted by Crippen LogP contribution is 2.19. The van der Waals surface area contributed by atoms with Crippen LogP contribution in [-0.4, -0.2) is 41.9 Å². The molecule has 0 radical (unpaired) electrons. The predicted molar refractivity (Wildman–Crippen MR) is 62.2 cm³/mol. The zero-order valence-electron chi connectivity index (χ0n) is 9.15. The monoisotopic (exact) mass is 247 g/mol. The van der Waals surface area contributed by atoms with Gasteiger partial charge in [0.05, 0.1) is 0 Å². The van der Waals surface area contributed by atoms with Crippen molar-refractivity contribution in [3.05, 3.63) is 0 Å². The second-order valence-corrected chi connectivity index (χ2v) is 4.43. The highest BCUT2D eigenvalue weighted by molar-refractivity contribution is 5.96. The Morgan fingerprint density at radius 1 is 1.25 bits per heavy atom. The van der Waals surface area contributed by atoms with Gasteiger partial charge in [-0.25, -0.2) is 0 Å². The van der Waals surface area contributed by atoms with Crippen LogP contribution in [0.3, 0.4) is 0 Å². The molecule has 0 aromatic rings. The lowest BCUT2D eigenvalue weighted by Crippen LogP contribution is -2.60. The second-order valence-electron chi connectivity index (χ2n) is 4.43. The summed E-state index contributed by atoms with van der Waals surface area (Å²) in [4.78, 5) is 24.1. The minimum absolute atomic E-state index is 0. The van der Waals surface area contributed by atoms with Gasteiger partial charge in [0, 0.05) is 25.2 Å². The van der Waals surface area contributed by atoms with Crippen molar-refractivity contribution in [2.45, 2.75) is 37.8 Å². The number of nitrogens with two attached hydrogens (primary N) is 1. The van der Waals surface area contributed by atoms with Crippen LogP contribution in [0.1, 0.15) is 25.7 Å².